The first-order chi connectivity index (χ1) is 9.65. The highest BCUT2D eigenvalue weighted by atomic mass is 19.1. The van der Waals surface area contributed by atoms with Crippen LogP contribution in [0, 0.1) is 5.82 Å². The van der Waals surface area contributed by atoms with Crippen LogP contribution in [0.1, 0.15) is 45.4 Å². The lowest BCUT2D eigenvalue weighted by atomic mass is 9.90. The van der Waals surface area contributed by atoms with E-state index in [1.807, 2.05) is 6.07 Å². The van der Waals surface area contributed by atoms with Crippen LogP contribution in [-0.4, -0.2) is 16.1 Å². The van der Waals surface area contributed by atoms with Crippen molar-refractivity contribution in [1.29, 1.82) is 0 Å². The van der Waals surface area contributed by atoms with Gasteiger partial charge in [0.2, 0.25) is 0 Å². The van der Waals surface area contributed by atoms with Gasteiger partial charge >= 0.3 is 0 Å². The molecule has 0 aliphatic carbocycles. The van der Waals surface area contributed by atoms with Gasteiger partial charge in [-0.2, -0.15) is 0 Å². The molecule has 0 spiro atoms. The average molecular weight is 275 g/mol. The van der Waals surface area contributed by atoms with E-state index in [9.17, 15) is 4.39 Å². The van der Waals surface area contributed by atoms with Gasteiger partial charge in [-0.1, -0.05) is 13.0 Å². The van der Waals surface area contributed by atoms with E-state index >= 15 is 0 Å². The quantitative estimate of drug-likeness (QED) is 0.928. The molecule has 2 aromatic rings. The molecule has 2 heterocycles. The second-order valence-corrected chi connectivity index (χ2v) is 5.91. The largest absolute Gasteiger partial charge is 0.326 e. The van der Waals surface area contributed by atoms with Crippen molar-refractivity contribution in [3.05, 3.63) is 29.8 Å². The first kappa shape index (κ1) is 13.6. The van der Waals surface area contributed by atoms with Gasteiger partial charge in [-0.15, -0.1) is 0 Å². The molecule has 0 bridgehead atoms. The van der Waals surface area contributed by atoms with E-state index in [0.717, 1.165) is 37.3 Å². The third-order valence-corrected chi connectivity index (χ3v) is 4.29. The molecule has 0 saturated carbocycles. The number of hydrogen-bond donors (Lipinski definition) is 1. The van der Waals surface area contributed by atoms with Crippen molar-refractivity contribution in [3.63, 3.8) is 0 Å². The van der Waals surface area contributed by atoms with Crippen molar-refractivity contribution in [2.45, 2.75) is 51.6 Å². The van der Waals surface area contributed by atoms with Gasteiger partial charge in [0.25, 0.3) is 0 Å². The Kier molecular flexibility index (Phi) is 3.50. The first-order valence-electron chi connectivity index (χ1n) is 7.56. The van der Waals surface area contributed by atoms with Crippen LogP contribution in [0.3, 0.4) is 0 Å². The number of rotatable bonds is 3. The van der Waals surface area contributed by atoms with Gasteiger partial charge < -0.3 is 9.88 Å². The van der Waals surface area contributed by atoms with Gasteiger partial charge in [0.05, 0.1) is 11.1 Å². The minimum atomic E-state index is -0.224. The normalized spacial score (nSPS) is 23.4. The minimum Gasteiger partial charge on any atom is -0.326 e. The lowest BCUT2D eigenvalue weighted by Gasteiger charge is -2.34. The zero-order valence-electron chi connectivity index (χ0n) is 12.2. The second kappa shape index (κ2) is 5.17. The molecule has 1 atom stereocenters. The zero-order valence-corrected chi connectivity index (χ0v) is 12.2. The van der Waals surface area contributed by atoms with Crippen LogP contribution in [-0.2, 0) is 12.1 Å². The van der Waals surface area contributed by atoms with Crippen molar-refractivity contribution < 1.29 is 4.39 Å². The smallest absolute Gasteiger partial charge is 0.151 e. The summed E-state index contributed by atoms with van der Waals surface area (Å²) in [5.41, 5.74) is 1.28. The predicted molar refractivity (Wildman–Crippen MR) is 79.2 cm³/mol. The molecule has 1 aromatic carbocycles. The fourth-order valence-corrected chi connectivity index (χ4v) is 3.23. The van der Waals surface area contributed by atoms with E-state index in [-0.39, 0.29) is 11.4 Å². The van der Waals surface area contributed by atoms with Crippen molar-refractivity contribution >= 4 is 11.0 Å². The molecule has 108 valence electrons. The highest BCUT2D eigenvalue weighted by molar-refractivity contribution is 5.77. The maximum atomic E-state index is 14.0. The molecular formula is C16H22FN3. The summed E-state index contributed by atoms with van der Waals surface area (Å²) in [5.74, 6) is 0.761. The molecular weight excluding hydrogens is 253 g/mol. The number of aryl methyl sites for hydroxylation is 1. The Morgan fingerprint density at radius 1 is 1.40 bits per heavy atom. The Balaban J connectivity index is 2.18. The molecule has 1 fully saturated rings. The molecule has 1 aromatic heterocycles. The Hall–Kier alpha value is -1.42. The van der Waals surface area contributed by atoms with Crippen LogP contribution < -0.4 is 5.32 Å². The van der Waals surface area contributed by atoms with E-state index in [2.05, 4.69) is 28.7 Å². The van der Waals surface area contributed by atoms with Gasteiger partial charge in [0, 0.05) is 6.54 Å². The average Bonchev–Trinajstić information content (AvgIpc) is 2.82. The summed E-state index contributed by atoms with van der Waals surface area (Å²) in [7, 11) is 0. The number of aromatic nitrogens is 2. The summed E-state index contributed by atoms with van der Waals surface area (Å²) in [6.07, 6.45) is 4.48. The summed E-state index contributed by atoms with van der Waals surface area (Å²) in [4.78, 5) is 4.65. The summed E-state index contributed by atoms with van der Waals surface area (Å²) in [6.45, 7) is 6.23. The number of nitrogens with one attached hydrogen (secondary N) is 1. The minimum absolute atomic E-state index is 0.140. The van der Waals surface area contributed by atoms with Gasteiger partial charge in [0.15, 0.2) is 5.82 Å². The topological polar surface area (TPSA) is 29.9 Å². The molecule has 1 N–H and O–H groups in total. The Labute approximate surface area is 119 Å². The van der Waals surface area contributed by atoms with E-state index in [1.165, 1.54) is 18.9 Å². The Morgan fingerprint density at radius 2 is 2.25 bits per heavy atom. The van der Waals surface area contributed by atoms with E-state index in [4.69, 9.17) is 0 Å². The molecule has 4 heteroatoms. The summed E-state index contributed by atoms with van der Waals surface area (Å²) >= 11 is 0. The molecule has 1 saturated heterocycles. The predicted octanol–water partition coefficient (Wildman–Crippen LogP) is 3.57. The number of nitrogens with zero attached hydrogens (tertiary/aromatic N) is 2. The third kappa shape index (κ3) is 2.12. The van der Waals surface area contributed by atoms with Crippen LogP contribution in [0.4, 0.5) is 4.39 Å². The molecule has 0 amide bonds. The lowest BCUT2D eigenvalue weighted by Crippen LogP contribution is -2.45. The number of fused-ring (bicyclic) bond motifs is 1. The first-order valence-corrected chi connectivity index (χ1v) is 7.56. The van der Waals surface area contributed by atoms with Crippen LogP contribution >= 0.6 is 0 Å². The van der Waals surface area contributed by atoms with Gasteiger partial charge in [-0.3, -0.25) is 0 Å². The zero-order chi connectivity index (χ0) is 14.2. The van der Waals surface area contributed by atoms with Crippen molar-refractivity contribution in [3.8, 4) is 0 Å². The lowest BCUT2D eigenvalue weighted by molar-refractivity contribution is 0.261. The number of para-hydroxylation sites is 1. The molecule has 3 rings (SSSR count). The Morgan fingerprint density at radius 3 is 2.95 bits per heavy atom. The summed E-state index contributed by atoms with van der Waals surface area (Å²) in [5, 5.41) is 3.59. The number of piperidine rings is 1. The molecule has 3 nitrogen and oxygen atoms in total. The SMILES string of the molecule is CCCn1c(C2(C)CCCCN2)nc2c(F)cccc21. The highest BCUT2D eigenvalue weighted by Gasteiger charge is 2.33. The third-order valence-electron chi connectivity index (χ3n) is 4.29. The van der Waals surface area contributed by atoms with Gasteiger partial charge in [0.1, 0.15) is 11.3 Å². The summed E-state index contributed by atoms with van der Waals surface area (Å²) in [6, 6.07) is 5.23. The number of halogens is 1. The molecule has 0 radical (unpaired) electrons. The Bertz CT molecular complexity index is 611. The fraction of sp³-hybridized carbons (Fsp3) is 0.562. The fourth-order valence-electron chi connectivity index (χ4n) is 3.23. The highest BCUT2D eigenvalue weighted by Crippen LogP contribution is 2.32. The standard InChI is InChI=1S/C16H22FN3/c1-3-11-20-13-8-6-7-12(17)14(13)19-15(20)16(2)9-4-5-10-18-16/h6-8,18H,3-5,9-11H2,1-2H3. The maximum Gasteiger partial charge on any atom is 0.151 e. The molecule has 1 aliphatic rings. The molecule has 20 heavy (non-hydrogen) atoms. The van der Waals surface area contributed by atoms with Gasteiger partial charge in [-0.25, -0.2) is 9.37 Å². The maximum absolute atomic E-state index is 14.0. The van der Waals surface area contributed by atoms with Crippen LogP contribution in [0.25, 0.3) is 11.0 Å². The van der Waals surface area contributed by atoms with Crippen molar-refractivity contribution in [2.24, 2.45) is 0 Å². The number of imidazole rings is 1. The van der Waals surface area contributed by atoms with Crippen LogP contribution in [0.2, 0.25) is 0 Å². The summed E-state index contributed by atoms with van der Waals surface area (Å²) < 4.78 is 16.2. The van der Waals surface area contributed by atoms with E-state index < -0.39 is 0 Å². The van der Waals surface area contributed by atoms with Crippen molar-refractivity contribution in [2.75, 3.05) is 6.54 Å². The second-order valence-electron chi connectivity index (χ2n) is 5.91. The van der Waals surface area contributed by atoms with E-state index in [0.29, 0.717) is 5.52 Å². The van der Waals surface area contributed by atoms with Crippen LogP contribution in [0.5, 0.6) is 0 Å². The molecule has 1 unspecified atom stereocenters. The number of hydrogen-bond acceptors (Lipinski definition) is 2. The number of benzene rings is 1. The molecule has 1 aliphatic heterocycles. The van der Waals surface area contributed by atoms with Gasteiger partial charge in [-0.05, 0) is 51.3 Å². The van der Waals surface area contributed by atoms with Crippen LogP contribution in [0.15, 0.2) is 18.2 Å². The van der Waals surface area contributed by atoms with Crippen molar-refractivity contribution in [1.82, 2.24) is 14.9 Å². The monoisotopic (exact) mass is 275 g/mol. The van der Waals surface area contributed by atoms with E-state index in [1.54, 1.807) is 6.07 Å².